The van der Waals surface area contributed by atoms with E-state index in [0.717, 1.165) is 25.2 Å². The third-order valence-corrected chi connectivity index (χ3v) is 5.57. The topological polar surface area (TPSA) is 56.6 Å². The van der Waals surface area contributed by atoms with Crippen LogP contribution in [0.15, 0.2) is 42.5 Å². The molecular weight excluding hydrogens is 338 g/mol. The number of piperidine rings is 1. The van der Waals surface area contributed by atoms with Crippen LogP contribution in [0.5, 0.6) is 5.75 Å². The first-order chi connectivity index (χ1) is 13.1. The van der Waals surface area contributed by atoms with E-state index in [1.54, 1.807) is 24.3 Å². The number of rotatable bonds is 3. The maximum Gasteiger partial charge on any atom is 0.265 e. The number of carbonyl (C=O) groups is 1. The molecule has 2 atom stereocenters. The molecule has 1 saturated heterocycles. The van der Waals surface area contributed by atoms with Gasteiger partial charge in [-0.15, -0.1) is 0 Å². The van der Waals surface area contributed by atoms with Crippen LogP contribution in [-0.2, 0) is 4.79 Å². The summed E-state index contributed by atoms with van der Waals surface area (Å²) in [6.45, 7) is 4.06. The Morgan fingerprint density at radius 3 is 2.78 bits per heavy atom. The summed E-state index contributed by atoms with van der Waals surface area (Å²) in [5.41, 5.74) is 4.10. The molecule has 27 heavy (non-hydrogen) atoms. The van der Waals surface area contributed by atoms with E-state index in [0.29, 0.717) is 17.2 Å². The minimum absolute atomic E-state index is 0.00171. The van der Waals surface area contributed by atoms with Crippen molar-refractivity contribution < 1.29 is 9.53 Å². The lowest BCUT2D eigenvalue weighted by Crippen LogP contribution is -2.48. The van der Waals surface area contributed by atoms with Crippen molar-refractivity contribution >= 4 is 11.6 Å². The summed E-state index contributed by atoms with van der Waals surface area (Å²) < 4.78 is 5.71. The number of nitrogens with zero attached hydrogens (tertiary/aromatic N) is 3. The van der Waals surface area contributed by atoms with Crippen LogP contribution in [0, 0.1) is 18.3 Å². The molecule has 1 amide bonds. The average molecular weight is 361 g/mol. The van der Waals surface area contributed by atoms with Crippen molar-refractivity contribution in [3.63, 3.8) is 0 Å². The summed E-state index contributed by atoms with van der Waals surface area (Å²) in [7, 11) is 2.14. The normalized spacial score (nSPS) is 21.3. The Balaban J connectivity index is 1.54. The van der Waals surface area contributed by atoms with E-state index in [1.807, 2.05) is 4.90 Å². The van der Waals surface area contributed by atoms with E-state index < -0.39 is 0 Å². The number of hydrogen-bond acceptors (Lipinski definition) is 4. The highest BCUT2D eigenvalue weighted by molar-refractivity contribution is 5.98. The molecule has 5 heteroatoms. The monoisotopic (exact) mass is 361 g/mol. The van der Waals surface area contributed by atoms with Gasteiger partial charge in [0, 0.05) is 24.2 Å². The standard InChI is InChI=1S/C22H23N3O2/c1-15-3-8-20-18(11-15)19-13-24(2)10-9-21(19)25(20)22(26)14-27-17-6-4-16(12-23)5-7-17/h3-8,11,19,21H,9-10,13-14H2,1-2H3/t19-,21+/m0/s1. The van der Waals surface area contributed by atoms with E-state index in [2.05, 4.69) is 43.1 Å². The Bertz CT molecular complexity index is 901. The van der Waals surface area contributed by atoms with Gasteiger partial charge in [-0.1, -0.05) is 17.7 Å². The molecular formula is C22H23N3O2. The number of anilines is 1. The summed E-state index contributed by atoms with van der Waals surface area (Å²) in [5.74, 6) is 0.949. The molecule has 0 spiro atoms. The van der Waals surface area contributed by atoms with Crippen molar-refractivity contribution in [3.05, 3.63) is 59.2 Å². The number of likely N-dealkylation sites (tertiary alicyclic amines) is 1. The molecule has 0 N–H and O–H groups in total. The highest BCUT2D eigenvalue weighted by Crippen LogP contribution is 2.44. The lowest BCUT2D eigenvalue weighted by atomic mass is 9.89. The second-order valence-electron chi connectivity index (χ2n) is 7.48. The quantitative estimate of drug-likeness (QED) is 0.843. The van der Waals surface area contributed by atoms with Crippen LogP contribution in [0.2, 0.25) is 0 Å². The van der Waals surface area contributed by atoms with Gasteiger partial charge in [0.1, 0.15) is 5.75 Å². The van der Waals surface area contributed by atoms with E-state index in [-0.39, 0.29) is 18.6 Å². The lowest BCUT2D eigenvalue weighted by Gasteiger charge is -2.36. The number of nitriles is 1. The number of likely N-dealkylation sites (N-methyl/N-ethyl adjacent to an activating group) is 1. The van der Waals surface area contributed by atoms with Gasteiger partial charge >= 0.3 is 0 Å². The first kappa shape index (κ1) is 17.6. The molecule has 2 aliphatic rings. The fraction of sp³-hybridized carbons (Fsp3) is 0.364. The van der Waals surface area contributed by atoms with Crippen LogP contribution in [0.3, 0.4) is 0 Å². The first-order valence-corrected chi connectivity index (χ1v) is 9.31. The van der Waals surface area contributed by atoms with E-state index >= 15 is 0 Å². The number of aryl methyl sites for hydroxylation is 1. The predicted molar refractivity (Wildman–Crippen MR) is 104 cm³/mol. The number of benzene rings is 2. The van der Waals surface area contributed by atoms with Gasteiger partial charge in [-0.3, -0.25) is 4.79 Å². The molecule has 0 aliphatic carbocycles. The third-order valence-electron chi connectivity index (χ3n) is 5.57. The predicted octanol–water partition coefficient (Wildman–Crippen LogP) is 3.08. The lowest BCUT2D eigenvalue weighted by molar-refractivity contribution is -0.121. The number of fused-ring (bicyclic) bond motifs is 3. The first-order valence-electron chi connectivity index (χ1n) is 9.31. The molecule has 2 aliphatic heterocycles. The van der Waals surface area contributed by atoms with Crippen molar-refractivity contribution in [2.75, 3.05) is 31.6 Å². The van der Waals surface area contributed by atoms with Crippen molar-refractivity contribution in [1.82, 2.24) is 4.90 Å². The van der Waals surface area contributed by atoms with Crippen LogP contribution in [0.4, 0.5) is 5.69 Å². The summed E-state index contributed by atoms with van der Waals surface area (Å²) in [5, 5.41) is 8.88. The zero-order valence-electron chi connectivity index (χ0n) is 15.7. The number of carbonyl (C=O) groups excluding carboxylic acids is 1. The fourth-order valence-electron chi connectivity index (χ4n) is 4.25. The zero-order chi connectivity index (χ0) is 19.0. The molecule has 2 heterocycles. The number of amides is 1. The Labute approximate surface area is 159 Å². The van der Waals surface area contributed by atoms with Gasteiger partial charge in [0.2, 0.25) is 0 Å². The van der Waals surface area contributed by atoms with Gasteiger partial charge in [-0.05, 0) is 62.8 Å². The molecule has 0 unspecified atom stereocenters. The van der Waals surface area contributed by atoms with E-state index in [9.17, 15) is 4.79 Å². The smallest absolute Gasteiger partial charge is 0.265 e. The molecule has 1 fully saturated rings. The van der Waals surface area contributed by atoms with Crippen molar-refractivity contribution in [1.29, 1.82) is 5.26 Å². The highest BCUT2D eigenvalue weighted by Gasteiger charge is 2.43. The Hall–Kier alpha value is -2.84. The van der Waals surface area contributed by atoms with Crippen LogP contribution in [-0.4, -0.2) is 43.6 Å². The molecule has 138 valence electrons. The maximum atomic E-state index is 13.1. The van der Waals surface area contributed by atoms with Crippen molar-refractivity contribution in [2.45, 2.75) is 25.3 Å². The second kappa shape index (κ2) is 7.05. The average Bonchev–Trinajstić information content (AvgIpc) is 2.99. The van der Waals surface area contributed by atoms with Gasteiger partial charge in [-0.25, -0.2) is 0 Å². The minimum Gasteiger partial charge on any atom is -0.484 e. The molecule has 2 aromatic rings. The second-order valence-corrected chi connectivity index (χ2v) is 7.48. The Morgan fingerprint density at radius 1 is 1.26 bits per heavy atom. The Morgan fingerprint density at radius 2 is 2.04 bits per heavy atom. The molecule has 5 nitrogen and oxygen atoms in total. The number of hydrogen-bond donors (Lipinski definition) is 0. The van der Waals surface area contributed by atoms with Gasteiger partial charge in [-0.2, -0.15) is 5.26 Å². The summed E-state index contributed by atoms with van der Waals surface area (Å²) in [6.07, 6.45) is 0.970. The molecule has 2 aromatic carbocycles. The number of ether oxygens (including phenoxy) is 1. The van der Waals surface area contributed by atoms with Crippen LogP contribution in [0.1, 0.15) is 29.0 Å². The van der Waals surface area contributed by atoms with E-state index in [4.69, 9.17) is 10.00 Å². The van der Waals surface area contributed by atoms with Gasteiger partial charge < -0.3 is 14.5 Å². The van der Waals surface area contributed by atoms with Crippen LogP contribution in [0.25, 0.3) is 0 Å². The van der Waals surface area contributed by atoms with Crippen LogP contribution >= 0.6 is 0 Å². The van der Waals surface area contributed by atoms with Gasteiger partial charge in [0.15, 0.2) is 6.61 Å². The Kier molecular flexibility index (Phi) is 4.59. The molecule has 0 saturated carbocycles. The molecule has 0 aromatic heterocycles. The van der Waals surface area contributed by atoms with E-state index in [1.165, 1.54) is 11.1 Å². The van der Waals surface area contributed by atoms with Crippen LogP contribution < -0.4 is 9.64 Å². The summed E-state index contributed by atoms with van der Waals surface area (Å²) in [4.78, 5) is 17.4. The summed E-state index contributed by atoms with van der Waals surface area (Å²) >= 11 is 0. The van der Waals surface area contributed by atoms with Crippen molar-refractivity contribution in [3.8, 4) is 11.8 Å². The SMILES string of the molecule is Cc1ccc2c(c1)[C@@H]1CN(C)CC[C@H]1N2C(=O)COc1ccc(C#N)cc1. The maximum absolute atomic E-state index is 13.1. The largest absolute Gasteiger partial charge is 0.484 e. The third kappa shape index (κ3) is 3.29. The van der Waals surface area contributed by atoms with Crippen molar-refractivity contribution in [2.24, 2.45) is 0 Å². The molecule has 0 bridgehead atoms. The minimum atomic E-state index is -0.0125. The molecule has 0 radical (unpaired) electrons. The summed E-state index contributed by atoms with van der Waals surface area (Å²) in [6, 6.07) is 15.5. The fourth-order valence-corrected chi connectivity index (χ4v) is 4.25. The highest BCUT2D eigenvalue weighted by atomic mass is 16.5. The molecule has 4 rings (SSSR count). The zero-order valence-corrected chi connectivity index (χ0v) is 15.7. The van der Waals surface area contributed by atoms with Gasteiger partial charge in [0.05, 0.1) is 11.6 Å². The van der Waals surface area contributed by atoms with Gasteiger partial charge in [0.25, 0.3) is 5.91 Å².